The van der Waals surface area contributed by atoms with Crippen LogP contribution < -0.4 is 49.1 Å². The summed E-state index contributed by atoms with van der Waals surface area (Å²) in [5.74, 6) is 1.86. The number of halogens is 7. The number of imidazole rings is 2. The number of nitrogens with one attached hydrogen (secondary N) is 6. The Labute approximate surface area is 767 Å². The van der Waals surface area contributed by atoms with Gasteiger partial charge in [0.25, 0.3) is 11.8 Å². The molecular weight excluding hydrogens is 1710 g/mol. The molecule has 680 valence electrons. The van der Waals surface area contributed by atoms with Crippen LogP contribution in [0.15, 0.2) is 146 Å². The van der Waals surface area contributed by atoms with E-state index in [0.29, 0.717) is 99.0 Å². The van der Waals surface area contributed by atoms with Crippen molar-refractivity contribution < 1.29 is 33.1 Å². The molecule has 5 unspecified atom stereocenters. The molecule has 9 heterocycles. The maximum Gasteiger partial charge on any atom is 0.271 e. The number of carbonyl (C=O) groups excluding carboxylic acids is 4. The summed E-state index contributed by atoms with van der Waals surface area (Å²) >= 11 is 31.4. The Morgan fingerprint density at radius 1 is 0.752 bits per heavy atom. The maximum atomic E-state index is 13.1. The maximum absolute atomic E-state index is 13.1. The van der Waals surface area contributed by atoms with Gasteiger partial charge in [-0.15, -0.1) is 0 Å². The van der Waals surface area contributed by atoms with Gasteiger partial charge >= 0.3 is 0 Å². The second-order valence-corrected chi connectivity index (χ2v) is 39.1. The smallest absolute Gasteiger partial charge is 0.271 e. The van der Waals surface area contributed by atoms with Crippen molar-refractivity contribution in [3.05, 3.63) is 211 Å². The summed E-state index contributed by atoms with van der Waals surface area (Å²) in [4.78, 5) is 66.0. The van der Waals surface area contributed by atoms with Crippen molar-refractivity contribution in [2.75, 3.05) is 127 Å². The van der Waals surface area contributed by atoms with Gasteiger partial charge in [0.2, 0.25) is 17.7 Å². The average Bonchev–Trinajstić information content (AvgIpc) is 1.67. The normalized spacial score (nSPS) is 20.5. The summed E-state index contributed by atoms with van der Waals surface area (Å²) in [6.07, 6.45) is 16.6. The van der Waals surface area contributed by atoms with Gasteiger partial charge in [0.1, 0.15) is 17.8 Å². The molecule has 7 aliphatic heterocycles. The van der Waals surface area contributed by atoms with Gasteiger partial charge in [-0.25, -0.2) is 18.7 Å². The number of fused-ring (bicyclic) bond motifs is 2. The number of aromatic nitrogens is 4. The number of hydrogen-bond acceptors (Lipinski definition) is 17. The minimum atomic E-state index is -2.78. The van der Waals surface area contributed by atoms with Gasteiger partial charge < -0.3 is 58.4 Å². The van der Waals surface area contributed by atoms with E-state index in [1.54, 1.807) is 36.0 Å². The zero-order valence-electron chi connectivity index (χ0n) is 73.7. The van der Waals surface area contributed by atoms with Gasteiger partial charge in [0.15, 0.2) is 0 Å². The first-order chi connectivity index (χ1) is 59.6. The van der Waals surface area contributed by atoms with E-state index >= 15 is 0 Å². The summed E-state index contributed by atoms with van der Waals surface area (Å²) in [7, 11) is 2.04. The predicted octanol–water partition coefficient (Wildman–Crippen LogP) is 16.4. The third-order valence-corrected chi connectivity index (χ3v) is 27.1. The first-order valence-corrected chi connectivity index (χ1v) is 47.0. The van der Waals surface area contributed by atoms with Crippen LogP contribution >= 0.6 is 69.8 Å². The third kappa shape index (κ3) is 31.8. The van der Waals surface area contributed by atoms with E-state index < -0.39 is 30.5 Å². The van der Waals surface area contributed by atoms with Crippen LogP contribution in [-0.4, -0.2) is 207 Å². The molecule has 8 aromatic rings. The Morgan fingerprint density at radius 2 is 1.43 bits per heavy atom. The van der Waals surface area contributed by atoms with Gasteiger partial charge in [-0.3, -0.25) is 43.8 Å². The number of hydrogen-bond donors (Lipinski definition) is 10. The van der Waals surface area contributed by atoms with Crippen LogP contribution in [0.2, 0.25) is 25.1 Å². The van der Waals surface area contributed by atoms with E-state index in [9.17, 15) is 33.1 Å². The van der Waals surface area contributed by atoms with Crippen molar-refractivity contribution in [2.45, 2.75) is 174 Å². The summed E-state index contributed by atoms with van der Waals surface area (Å²) in [5, 5.41) is 29.3. The van der Waals surface area contributed by atoms with Crippen molar-refractivity contribution >= 4 is 122 Å². The number of thioether (sulfide) groups is 1. The molecule has 30 heteroatoms. The minimum Gasteiger partial charge on any atom is -0.387 e. The Kier molecular flexibility index (Phi) is 38.2. The van der Waals surface area contributed by atoms with E-state index in [1.165, 1.54) is 54.0 Å². The molecule has 0 aliphatic carbocycles. The third-order valence-electron chi connectivity index (χ3n) is 24.3. The van der Waals surface area contributed by atoms with Gasteiger partial charge in [0.05, 0.1) is 73.8 Å². The first-order valence-electron chi connectivity index (χ1n) is 44.0. The number of alkyl halides is 2. The molecule has 6 aromatic carbocycles. The highest BCUT2D eigenvalue weighted by molar-refractivity contribution is 7.99. The molecule has 13 N–H and O–H groups in total. The predicted molar refractivity (Wildman–Crippen MR) is 510 cm³/mol. The van der Waals surface area contributed by atoms with Crippen molar-refractivity contribution in [1.82, 2.24) is 60.0 Å². The number of rotatable bonds is 25. The molecule has 7 aliphatic rings. The van der Waals surface area contributed by atoms with Crippen LogP contribution in [0.25, 0.3) is 22.4 Å². The van der Waals surface area contributed by atoms with Crippen molar-refractivity contribution in [3.63, 3.8) is 0 Å². The number of anilines is 2. The number of nitrogens with zero attached hydrogens (tertiary/aromatic N) is 8. The Hall–Kier alpha value is -7.28. The molecule has 0 bridgehead atoms. The molecule has 15 rings (SSSR count). The van der Waals surface area contributed by atoms with Crippen LogP contribution in [-0.2, 0) is 40.4 Å². The lowest BCUT2D eigenvalue weighted by molar-refractivity contribution is -0.123. The molecule has 2 aromatic heterocycles. The quantitative estimate of drug-likeness (QED) is 0.0238. The number of amides is 4. The van der Waals surface area contributed by atoms with E-state index in [0.717, 1.165) is 175 Å². The molecule has 0 saturated carbocycles. The molecule has 5 atom stereocenters. The van der Waals surface area contributed by atoms with Crippen LogP contribution in [0.1, 0.15) is 162 Å². The summed E-state index contributed by atoms with van der Waals surface area (Å²) < 4.78 is 30.5. The number of para-hydroxylation sites is 2. The molecule has 0 radical (unpaired) electrons. The fourth-order valence-corrected chi connectivity index (χ4v) is 18.5. The lowest BCUT2D eigenvalue weighted by Crippen LogP contribution is -2.43. The molecule has 22 nitrogen and oxygen atoms in total. The van der Waals surface area contributed by atoms with Gasteiger partial charge in [-0.05, 0) is 256 Å². The fourth-order valence-electron chi connectivity index (χ4n) is 16.3. The average molecular weight is 1840 g/mol. The second kappa shape index (κ2) is 47.9. The highest BCUT2D eigenvalue weighted by atomic mass is 35.5. The van der Waals surface area contributed by atoms with Crippen molar-refractivity contribution in [1.29, 1.82) is 0 Å². The molecule has 0 spiro atoms. The SMILES string of the molecule is C=C(c1ccc(-n2cnc3ccccc32)cc1)N1CCC(CNC)CC1.CC1(CN)CCN(CC(=O)Nc2cc(Cl)ccc2Cl)C1.CC1CCN(Cc2ccc(CNC(=O)C3CC(F)(F)CN3)cc2)CC1.Cc1cccc(C(C)CCC(C)(C)N)c1.NCC1CCN(CC(=O)Nc2cc(Cl)c(Cl)cc2Cl)C1.O=C(NCC1(O)CCSC1)c1cn2c(n1)CCCC2. The summed E-state index contributed by atoms with van der Waals surface area (Å²) in [6.45, 7) is 30.7. The van der Waals surface area contributed by atoms with E-state index in [4.69, 9.17) is 75.2 Å². The van der Waals surface area contributed by atoms with Gasteiger partial charge in [-0.1, -0.05) is 164 Å². The monoisotopic (exact) mass is 1830 g/mol. The topological polar surface area (TPSA) is 287 Å². The van der Waals surface area contributed by atoms with Gasteiger partial charge in [-0.2, -0.15) is 11.8 Å². The first kappa shape index (κ1) is 99.9. The molecular formula is C95H130Cl5F2N17O5S. The van der Waals surface area contributed by atoms with Crippen LogP contribution in [0.4, 0.5) is 20.2 Å². The zero-order valence-corrected chi connectivity index (χ0v) is 78.2. The molecule has 125 heavy (non-hydrogen) atoms. The van der Waals surface area contributed by atoms with E-state index in [1.807, 2.05) is 43.8 Å². The lowest BCUT2D eigenvalue weighted by atomic mass is 9.89. The largest absolute Gasteiger partial charge is 0.387 e. The Morgan fingerprint density at radius 3 is 2.07 bits per heavy atom. The number of likely N-dealkylation sites (tertiary alicyclic amines) is 4. The van der Waals surface area contributed by atoms with E-state index in [-0.39, 0.29) is 34.6 Å². The summed E-state index contributed by atoms with van der Waals surface area (Å²) in [6, 6.07) is 41.1. The highest BCUT2D eigenvalue weighted by Gasteiger charge is 2.42. The van der Waals surface area contributed by atoms with Crippen LogP contribution in [0.5, 0.6) is 0 Å². The standard InChI is InChI=1S/C22H26N4.C19H27F2N3O.C14H19Cl2N3O.C14H23N.C13H16Cl3N3O.C13H19N3O2S/c1-17(25-13-11-18(12-14-25)15-23-2)19-7-9-20(10-8-19)26-16-24-21-5-3-4-6-22(21)26;1-14-6-8-24(9-7-14)12-16-4-2-15(3-5-16)11-22-18(25)17-10-19(20,21)13-23-17;1-14(8-17)4-5-19(9-14)7-13(20)18-12-6-10(15)2-3-11(12)16;1-11-6-5-7-13(10-11)12(2)8-9-14(3,4)15;14-9-3-11(16)12(4-10(9)15)18-13(20)7-19-2-1-8(5-17)6-19;17-12(14-8-13(18)4-6-19-9-13)10-7-16-5-2-1-3-11(16)15-10/h3-10,16,18,23H,1,11-15H2,2H3;2-5,14,17,23H,6-13H2,1H3,(H,22,25);2-3,6H,4-5,7-9,17H2,1H3,(H,18,20);5-7,10,12H,8-9,15H2,1-4H3;3-4,8H,1-2,5-7,17H2,(H,18,20);7,18H,1-6,8-9H2,(H,14,17). The zero-order chi connectivity index (χ0) is 90.0. The molecule has 6 saturated heterocycles. The van der Waals surface area contributed by atoms with Gasteiger partial charge in [0, 0.05) is 99.1 Å². The number of nitrogens with two attached hydrogens (primary N) is 3. The van der Waals surface area contributed by atoms with Crippen LogP contribution in [0, 0.1) is 30.1 Å². The molecule has 6 fully saturated rings. The van der Waals surface area contributed by atoms with Crippen molar-refractivity contribution in [2.24, 2.45) is 40.4 Å². The number of carbonyl (C=O) groups is 4. The van der Waals surface area contributed by atoms with Crippen LogP contribution in [0.3, 0.4) is 0 Å². The number of benzene rings is 6. The minimum absolute atomic E-state index is 0.0436. The Balaban J connectivity index is 0.000000158. The molecule has 4 amide bonds. The van der Waals surface area contributed by atoms with Crippen molar-refractivity contribution in [3.8, 4) is 5.69 Å². The highest BCUT2D eigenvalue weighted by Crippen LogP contribution is 2.36. The number of aliphatic hydroxyl groups is 1. The Bertz CT molecular complexity index is 4780. The fraction of sp³-hybridized carbons (Fsp3) is 0.516. The number of aryl methyl sites for hydroxylation is 3. The van der Waals surface area contributed by atoms with E-state index in [2.05, 4.69) is 192 Å². The lowest BCUT2D eigenvalue weighted by Gasteiger charge is -2.34. The number of piperidine rings is 2. The summed E-state index contributed by atoms with van der Waals surface area (Å²) in [5.41, 5.74) is 28.8. The second-order valence-electron chi connectivity index (χ2n) is 35.9.